The highest BCUT2D eigenvalue weighted by Crippen LogP contribution is 2.43. The van der Waals surface area contributed by atoms with Crippen LogP contribution in [0.5, 0.6) is 0 Å². The Morgan fingerprint density at radius 3 is 2.47 bits per heavy atom. The van der Waals surface area contributed by atoms with Gasteiger partial charge in [-0.3, -0.25) is 0 Å². The third-order valence-corrected chi connectivity index (χ3v) is 4.18. The topological polar surface area (TPSA) is 12.0 Å². The summed E-state index contributed by atoms with van der Waals surface area (Å²) in [7, 11) is 0. The van der Waals surface area contributed by atoms with Crippen LogP contribution in [0.25, 0.3) is 0 Å². The molecule has 1 fully saturated rings. The van der Waals surface area contributed by atoms with Crippen molar-refractivity contribution in [3.05, 3.63) is 34.9 Å². The van der Waals surface area contributed by atoms with Gasteiger partial charge in [-0.2, -0.15) is 0 Å². The minimum atomic E-state index is 0.266. The summed E-state index contributed by atoms with van der Waals surface area (Å²) in [5, 5.41) is 4.53. The van der Waals surface area contributed by atoms with E-state index in [1.54, 1.807) is 0 Å². The summed E-state index contributed by atoms with van der Waals surface area (Å²) >= 11 is 6.38. The smallest absolute Gasteiger partial charge is 0.0444 e. The number of benzene rings is 1. The average molecular weight is 252 g/mol. The van der Waals surface area contributed by atoms with Gasteiger partial charge < -0.3 is 5.32 Å². The molecule has 1 aromatic rings. The zero-order valence-corrected chi connectivity index (χ0v) is 11.6. The van der Waals surface area contributed by atoms with E-state index >= 15 is 0 Å². The molecule has 2 rings (SSSR count). The first-order valence-corrected chi connectivity index (χ1v) is 7.00. The third kappa shape index (κ3) is 2.83. The van der Waals surface area contributed by atoms with E-state index in [4.69, 9.17) is 11.6 Å². The van der Waals surface area contributed by atoms with Gasteiger partial charge in [0.2, 0.25) is 0 Å². The Bertz CT molecular complexity index is 367. The minimum Gasteiger partial charge on any atom is -0.314 e. The maximum absolute atomic E-state index is 6.38. The fraction of sp³-hybridized carbons (Fsp3) is 0.600. The second-order valence-electron chi connectivity index (χ2n) is 5.50. The van der Waals surface area contributed by atoms with E-state index in [1.807, 2.05) is 12.1 Å². The lowest BCUT2D eigenvalue weighted by molar-refractivity contribution is 0.387. The van der Waals surface area contributed by atoms with Crippen molar-refractivity contribution in [2.45, 2.75) is 51.0 Å². The molecule has 0 heterocycles. The molecule has 0 aromatic heterocycles. The number of nitrogens with one attached hydrogen (secondary N) is 1. The molecule has 0 amide bonds. The molecule has 94 valence electrons. The maximum Gasteiger partial charge on any atom is 0.0444 e. The van der Waals surface area contributed by atoms with Crippen molar-refractivity contribution in [3.8, 4) is 0 Å². The molecule has 0 unspecified atom stereocenters. The maximum atomic E-state index is 6.38. The number of rotatable bonds is 4. The Morgan fingerprint density at radius 1 is 1.24 bits per heavy atom. The predicted molar refractivity (Wildman–Crippen MR) is 74.7 cm³/mol. The molecule has 1 aromatic carbocycles. The Balaban J connectivity index is 2.25. The van der Waals surface area contributed by atoms with Crippen LogP contribution in [0, 0.1) is 0 Å². The van der Waals surface area contributed by atoms with Gasteiger partial charge in [-0.25, -0.2) is 0 Å². The fourth-order valence-electron chi connectivity index (χ4n) is 2.88. The summed E-state index contributed by atoms with van der Waals surface area (Å²) in [5.41, 5.74) is 1.61. The van der Waals surface area contributed by atoms with Gasteiger partial charge in [0.1, 0.15) is 0 Å². The van der Waals surface area contributed by atoms with Crippen LogP contribution in [-0.4, -0.2) is 12.6 Å². The van der Waals surface area contributed by atoms with E-state index in [0.29, 0.717) is 6.04 Å². The molecule has 0 radical (unpaired) electrons. The van der Waals surface area contributed by atoms with E-state index in [9.17, 15) is 0 Å². The van der Waals surface area contributed by atoms with Crippen LogP contribution in [0.15, 0.2) is 24.3 Å². The quantitative estimate of drug-likeness (QED) is 0.848. The first-order chi connectivity index (χ1) is 8.14. The molecule has 0 atom stereocenters. The average Bonchev–Trinajstić information content (AvgIpc) is 2.77. The van der Waals surface area contributed by atoms with Gasteiger partial charge in [0, 0.05) is 23.0 Å². The minimum absolute atomic E-state index is 0.266. The van der Waals surface area contributed by atoms with Gasteiger partial charge in [-0.1, -0.05) is 56.5 Å². The summed E-state index contributed by atoms with van der Waals surface area (Å²) in [6.07, 6.45) is 5.17. The Labute approximate surface area is 110 Å². The van der Waals surface area contributed by atoms with E-state index in [-0.39, 0.29) is 5.41 Å². The monoisotopic (exact) mass is 251 g/mol. The van der Waals surface area contributed by atoms with Gasteiger partial charge in [0.05, 0.1) is 0 Å². The molecule has 17 heavy (non-hydrogen) atoms. The Hall–Kier alpha value is -0.530. The first kappa shape index (κ1) is 12.9. The lowest BCUT2D eigenvalue weighted by Crippen LogP contribution is -2.39. The van der Waals surface area contributed by atoms with E-state index in [2.05, 4.69) is 31.3 Å². The van der Waals surface area contributed by atoms with Crippen LogP contribution >= 0.6 is 11.6 Å². The molecule has 1 saturated carbocycles. The third-order valence-electron chi connectivity index (χ3n) is 3.85. The van der Waals surface area contributed by atoms with Crippen LogP contribution < -0.4 is 5.32 Å². The standard InChI is InChI=1S/C15H22ClN/c1-12(2)17-11-15(9-5-6-10-15)13-7-3-4-8-14(13)16/h3-4,7-8,12,17H,5-6,9-11H2,1-2H3. The molecule has 0 spiro atoms. The largest absolute Gasteiger partial charge is 0.314 e. The molecule has 1 aliphatic carbocycles. The van der Waals surface area contributed by atoms with Crippen LogP contribution in [0.1, 0.15) is 45.1 Å². The zero-order valence-electron chi connectivity index (χ0n) is 10.8. The highest BCUT2D eigenvalue weighted by molar-refractivity contribution is 6.31. The Kier molecular flexibility index (Phi) is 4.11. The lowest BCUT2D eigenvalue weighted by Gasteiger charge is -2.32. The van der Waals surface area contributed by atoms with Crippen molar-refractivity contribution in [1.29, 1.82) is 0 Å². The van der Waals surface area contributed by atoms with Crippen molar-refractivity contribution in [2.75, 3.05) is 6.54 Å². The SMILES string of the molecule is CC(C)NCC1(c2ccccc2Cl)CCCC1. The molecule has 0 saturated heterocycles. The van der Waals surface area contributed by atoms with E-state index in [0.717, 1.165) is 11.6 Å². The molecule has 1 N–H and O–H groups in total. The second kappa shape index (κ2) is 5.41. The highest BCUT2D eigenvalue weighted by Gasteiger charge is 2.36. The van der Waals surface area contributed by atoms with Crippen LogP contribution in [0.4, 0.5) is 0 Å². The summed E-state index contributed by atoms with van der Waals surface area (Å²) in [6, 6.07) is 8.89. The summed E-state index contributed by atoms with van der Waals surface area (Å²) in [5.74, 6) is 0. The van der Waals surface area contributed by atoms with Crippen LogP contribution in [-0.2, 0) is 5.41 Å². The predicted octanol–water partition coefficient (Wildman–Crippen LogP) is 4.15. The number of hydrogen-bond acceptors (Lipinski definition) is 1. The van der Waals surface area contributed by atoms with Crippen molar-refractivity contribution in [2.24, 2.45) is 0 Å². The summed E-state index contributed by atoms with van der Waals surface area (Å²) in [4.78, 5) is 0. The fourth-order valence-corrected chi connectivity index (χ4v) is 3.22. The number of halogens is 1. The summed E-state index contributed by atoms with van der Waals surface area (Å²) < 4.78 is 0. The van der Waals surface area contributed by atoms with Crippen molar-refractivity contribution in [1.82, 2.24) is 5.32 Å². The van der Waals surface area contributed by atoms with E-state index < -0.39 is 0 Å². The highest BCUT2D eigenvalue weighted by atomic mass is 35.5. The van der Waals surface area contributed by atoms with Gasteiger partial charge in [-0.15, -0.1) is 0 Å². The van der Waals surface area contributed by atoms with Gasteiger partial charge in [0.15, 0.2) is 0 Å². The second-order valence-corrected chi connectivity index (χ2v) is 5.91. The molecule has 1 aliphatic rings. The molecule has 1 nitrogen and oxygen atoms in total. The van der Waals surface area contributed by atoms with Crippen LogP contribution in [0.2, 0.25) is 5.02 Å². The van der Waals surface area contributed by atoms with E-state index in [1.165, 1.54) is 31.2 Å². The molecular weight excluding hydrogens is 230 g/mol. The molecule has 2 heteroatoms. The Morgan fingerprint density at radius 2 is 1.88 bits per heavy atom. The van der Waals surface area contributed by atoms with Gasteiger partial charge in [-0.05, 0) is 24.5 Å². The van der Waals surface area contributed by atoms with Gasteiger partial charge in [0.25, 0.3) is 0 Å². The van der Waals surface area contributed by atoms with Crippen molar-refractivity contribution >= 4 is 11.6 Å². The van der Waals surface area contributed by atoms with Gasteiger partial charge >= 0.3 is 0 Å². The molecule has 0 aliphatic heterocycles. The summed E-state index contributed by atoms with van der Waals surface area (Å²) in [6.45, 7) is 5.46. The normalized spacial score (nSPS) is 18.8. The first-order valence-electron chi connectivity index (χ1n) is 6.62. The lowest BCUT2D eigenvalue weighted by atomic mass is 9.78. The van der Waals surface area contributed by atoms with Crippen molar-refractivity contribution < 1.29 is 0 Å². The molecular formula is C15H22ClN. The van der Waals surface area contributed by atoms with Crippen molar-refractivity contribution in [3.63, 3.8) is 0 Å². The van der Waals surface area contributed by atoms with Crippen LogP contribution in [0.3, 0.4) is 0 Å². The zero-order chi connectivity index (χ0) is 12.3. The number of hydrogen-bond donors (Lipinski definition) is 1. The molecule has 0 bridgehead atoms.